The van der Waals surface area contributed by atoms with Gasteiger partial charge in [0, 0.05) is 14.1 Å². The normalized spacial score (nSPS) is 13.2. The Hall–Kier alpha value is -2.61. The van der Waals surface area contributed by atoms with Crippen molar-refractivity contribution in [1.29, 1.82) is 0 Å². The minimum Gasteiger partial charge on any atom is -0.486 e. The first-order chi connectivity index (χ1) is 13.1. The van der Waals surface area contributed by atoms with Gasteiger partial charge in [0.15, 0.2) is 11.5 Å². The van der Waals surface area contributed by atoms with Crippen molar-refractivity contribution in [3.63, 3.8) is 0 Å². The van der Waals surface area contributed by atoms with Gasteiger partial charge in [0.1, 0.15) is 13.2 Å². The molecule has 2 aromatic carbocycles. The Morgan fingerprint density at radius 1 is 1.18 bits per heavy atom. The average molecular weight is 415 g/mol. The molecule has 0 unspecified atom stereocenters. The summed E-state index contributed by atoms with van der Waals surface area (Å²) in [7, 11) is 3.36. The fourth-order valence-electron chi connectivity index (χ4n) is 2.85. The maximum Gasteiger partial charge on any atom is 0.416 e. The third-order valence-electron chi connectivity index (χ3n) is 4.10. The molecule has 0 atom stereocenters. The largest absolute Gasteiger partial charge is 0.486 e. The van der Waals surface area contributed by atoms with Crippen molar-refractivity contribution in [2.45, 2.75) is 12.6 Å². The molecule has 0 fully saturated rings. The molecule has 0 bridgehead atoms. The third kappa shape index (κ3) is 4.44. The standard InChI is InChI=1S/C19H18ClF3N2O3/c1-25(2)15-4-3-12(19(21,22)23)10-14(15)24-17(26)9-11-7-13(20)18-16(8-11)27-5-6-28-18/h3-4,7-8,10H,5-6,9H2,1-2H3,(H,24,26). The van der Waals surface area contributed by atoms with Gasteiger partial charge in [-0.05, 0) is 35.9 Å². The van der Waals surface area contributed by atoms with E-state index in [9.17, 15) is 18.0 Å². The molecular formula is C19H18ClF3N2O3. The maximum absolute atomic E-state index is 13.0. The van der Waals surface area contributed by atoms with E-state index < -0.39 is 17.6 Å². The Bertz CT molecular complexity index is 901. The second kappa shape index (κ2) is 7.79. The van der Waals surface area contributed by atoms with E-state index in [1.807, 2.05) is 0 Å². The summed E-state index contributed by atoms with van der Waals surface area (Å²) in [4.78, 5) is 14.1. The lowest BCUT2D eigenvalue weighted by Gasteiger charge is -2.21. The van der Waals surface area contributed by atoms with Crippen LogP contribution in [-0.2, 0) is 17.4 Å². The van der Waals surface area contributed by atoms with Crippen molar-refractivity contribution in [1.82, 2.24) is 0 Å². The number of carbonyl (C=O) groups excluding carboxylic acids is 1. The predicted molar refractivity (Wildman–Crippen MR) is 101 cm³/mol. The van der Waals surface area contributed by atoms with Gasteiger partial charge < -0.3 is 19.7 Å². The monoisotopic (exact) mass is 414 g/mol. The minimum atomic E-state index is -4.51. The summed E-state index contributed by atoms with van der Waals surface area (Å²) in [5, 5.41) is 2.87. The molecule has 5 nitrogen and oxygen atoms in total. The zero-order valence-electron chi connectivity index (χ0n) is 15.2. The number of nitrogens with one attached hydrogen (secondary N) is 1. The van der Waals surface area contributed by atoms with Crippen molar-refractivity contribution in [2.75, 3.05) is 37.5 Å². The van der Waals surface area contributed by atoms with Gasteiger partial charge in [-0.2, -0.15) is 13.2 Å². The summed E-state index contributed by atoms with van der Waals surface area (Å²) in [6.45, 7) is 0.755. The van der Waals surface area contributed by atoms with Crippen LogP contribution in [-0.4, -0.2) is 33.2 Å². The summed E-state index contributed by atoms with van der Waals surface area (Å²) in [5.74, 6) is 0.384. The Morgan fingerprint density at radius 2 is 1.89 bits per heavy atom. The molecule has 2 aromatic rings. The highest BCUT2D eigenvalue weighted by molar-refractivity contribution is 6.32. The van der Waals surface area contributed by atoms with Gasteiger partial charge in [-0.15, -0.1) is 0 Å². The summed E-state index contributed by atoms with van der Waals surface area (Å²) < 4.78 is 50.0. The number of ether oxygens (including phenoxy) is 2. The number of benzene rings is 2. The maximum atomic E-state index is 13.0. The number of halogens is 4. The predicted octanol–water partition coefficient (Wildman–Crippen LogP) is 4.38. The first-order valence-corrected chi connectivity index (χ1v) is 8.79. The summed E-state index contributed by atoms with van der Waals surface area (Å²) >= 11 is 6.16. The molecule has 0 aromatic heterocycles. The van der Waals surface area contributed by atoms with Crippen molar-refractivity contribution < 1.29 is 27.4 Å². The molecule has 1 N–H and O–H groups in total. The second-order valence-electron chi connectivity index (χ2n) is 6.45. The highest BCUT2D eigenvalue weighted by Gasteiger charge is 2.31. The number of amides is 1. The number of rotatable bonds is 4. The van der Waals surface area contributed by atoms with Crippen LogP contribution in [0.4, 0.5) is 24.5 Å². The molecule has 0 saturated heterocycles. The molecule has 9 heteroatoms. The van der Waals surface area contributed by atoms with E-state index in [1.54, 1.807) is 31.1 Å². The molecule has 3 rings (SSSR count). The molecule has 1 aliphatic rings. The van der Waals surface area contributed by atoms with Crippen LogP contribution < -0.4 is 19.7 Å². The van der Waals surface area contributed by atoms with Crippen molar-refractivity contribution >= 4 is 28.9 Å². The van der Waals surface area contributed by atoms with Crippen LogP contribution in [0, 0.1) is 0 Å². The van der Waals surface area contributed by atoms with Crippen molar-refractivity contribution in [3.05, 3.63) is 46.5 Å². The quantitative estimate of drug-likeness (QED) is 0.806. The van der Waals surface area contributed by atoms with E-state index in [4.69, 9.17) is 21.1 Å². The molecular weight excluding hydrogens is 397 g/mol. The SMILES string of the molecule is CN(C)c1ccc(C(F)(F)F)cc1NC(=O)Cc1cc(Cl)c2c(c1)OCCO2. The molecule has 0 radical (unpaired) electrons. The highest BCUT2D eigenvalue weighted by atomic mass is 35.5. The number of fused-ring (bicyclic) bond motifs is 1. The summed E-state index contributed by atoms with van der Waals surface area (Å²) in [6, 6.07) is 6.43. The topological polar surface area (TPSA) is 50.8 Å². The molecule has 0 saturated carbocycles. The Balaban J connectivity index is 1.82. The zero-order valence-corrected chi connectivity index (χ0v) is 15.9. The second-order valence-corrected chi connectivity index (χ2v) is 6.86. The molecule has 0 aliphatic carbocycles. The van der Waals surface area contributed by atoms with Crippen LogP contribution in [0.5, 0.6) is 11.5 Å². The molecule has 28 heavy (non-hydrogen) atoms. The Morgan fingerprint density at radius 3 is 2.57 bits per heavy atom. The van der Waals surface area contributed by atoms with Gasteiger partial charge in [-0.1, -0.05) is 11.6 Å². The fourth-order valence-corrected chi connectivity index (χ4v) is 3.14. The zero-order chi connectivity index (χ0) is 20.5. The van der Waals surface area contributed by atoms with Crippen LogP contribution in [0.15, 0.2) is 30.3 Å². The van der Waals surface area contributed by atoms with E-state index in [2.05, 4.69) is 5.32 Å². The van der Waals surface area contributed by atoms with Crippen LogP contribution >= 0.6 is 11.6 Å². The van der Waals surface area contributed by atoms with E-state index in [0.717, 1.165) is 12.1 Å². The lowest BCUT2D eigenvalue weighted by atomic mass is 10.1. The first-order valence-electron chi connectivity index (χ1n) is 8.41. The van der Waals surface area contributed by atoms with Crippen molar-refractivity contribution in [3.8, 4) is 11.5 Å². The number of alkyl halides is 3. The van der Waals surface area contributed by atoms with Gasteiger partial charge in [0.25, 0.3) is 0 Å². The number of hydrogen-bond acceptors (Lipinski definition) is 4. The minimum absolute atomic E-state index is 0.0773. The van der Waals surface area contributed by atoms with E-state index in [-0.39, 0.29) is 12.1 Å². The molecule has 1 aliphatic heterocycles. The van der Waals surface area contributed by atoms with E-state index >= 15 is 0 Å². The lowest BCUT2D eigenvalue weighted by molar-refractivity contribution is -0.137. The summed E-state index contributed by atoms with van der Waals surface area (Å²) in [6.07, 6.45) is -4.59. The summed E-state index contributed by atoms with van der Waals surface area (Å²) in [5.41, 5.74) is 0.260. The van der Waals surface area contributed by atoms with Gasteiger partial charge in [0.2, 0.25) is 5.91 Å². The van der Waals surface area contributed by atoms with E-state index in [1.165, 1.54) is 6.07 Å². The number of anilines is 2. The number of nitrogens with zero attached hydrogens (tertiary/aromatic N) is 1. The number of hydrogen-bond donors (Lipinski definition) is 1. The Labute approximate surface area is 165 Å². The highest BCUT2D eigenvalue weighted by Crippen LogP contribution is 2.39. The smallest absolute Gasteiger partial charge is 0.416 e. The van der Waals surface area contributed by atoms with E-state index in [0.29, 0.717) is 41.0 Å². The third-order valence-corrected chi connectivity index (χ3v) is 4.38. The number of carbonyl (C=O) groups is 1. The van der Waals surface area contributed by atoms with Crippen LogP contribution in [0.3, 0.4) is 0 Å². The fraction of sp³-hybridized carbons (Fsp3) is 0.316. The first kappa shape index (κ1) is 20.1. The van der Waals surface area contributed by atoms with Crippen LogP contribution in [0.2, 0.25) is 5.02 Å². The van der Waals surface area contributed by atoms with Gasteiger partial charge in [0.05, 0.1) is 28.4 Å². The van der Waals surface area contributed by atoms with Crippen molar-refractivity contribution in [2.24, 2.45) is 0 Å². The molecule has 0 spiro atoms. The Kier molecular flexibility index (Phi) is 5.60. The van der Waals surface area contributed by atoms with Gasteiger partial charge in [-0.25, -0.2) is 0 Å². The average Bonchev–Trinajstić information content (AvgIpc) is 2.60. The van der Waals surface area contributed by atoms with Gasteiger partial charge >= 0.3 is 6.18 Å². The molecule has 1 heterocycles. The molecule has 150 valence electrons. The van der Waals surface area contributed by atoms with Crippen LogP contribution in [0.1, 0.15) is 11.1 Å². The molecule has 1 amide bonds. The van der Waals surface area contributed by atoms with Gasteiger partial charge in [-0.3, -0.25) is 4.79 Å². The van der Waals surface area contributed by atoms with Crippen LogP contribution in [0.25, 0.3) is 0 Å². The lowest BCUT2D eigenvalue weighted by Crippen LogP contribution is -2.20.